The topological polar surface area (TPSA) is 43.1 Å². The van der Waals surface area contributed by atoms with E-state index in [1.165, 1.54) is 6.08 Å². The number of hydrogen-bond acceptors (Lipinski definition) is 2. The minimum Gasteiger partial charge on any atom is -0.258 e. The van der Waals surface area contributed by atoms with E-state index in [2.05, 4.69) is 15.9 Å². The van der Waals surface area contributed by atoms with Crippen LogP contribution in [0.15, 0.2) is 18.2 Å². The minimum absolute atomic E-state index is 0.0115. The Morgan fingerprint density at radius 1 is 1.40 bits per heavy atom. The van der Waals surface area contributed by atoms with Gasteiger partial charge in [-0.1, -0.05) is 28.1 Å². The van der Waals surface area contributed by atoms with E-state index in [4.69, 9.17) is 0 Å². The maximum absolute atomic E-state index is 13.1. The van der Waals surface area contributed by atoms with Crippen LogP contribution in [0, 0.1) is 21.7 Å². The summed E-state index contributed by atoms with van der Waals surface area (Å²) in [6.07, 6.45) is 2.90. The molecule has 0 atom stereocenters. The first kappa shape index (κ1) is 11.8. The molecule has 6 heteroatoms. The molecule has 3 nitrogen and oxygen atoms in total. The van der Waals surface area contributed by atoms with Crippen LogP contribution >= 0.6 is 15.9 Å². The van der Waals surface area contributed by atoms with E-state index in [0.29, 0.717) is 11.4 Å². The molecule has 0 unspecified atom stereocenters. The number of hydrogen-bond donors (Lipinski definition) is 0. The van der Waals surface area contributed by atoms with E-state index in [9.17, 15) is 18.9 Å². The third-order valence-corrected chi connectivity index (χ3v) is 2.02. The molecule has 1 aromatic rings. The van der Waals surface area contributed by atoms with Crippen molar-refractivity contribution in [3.8, 4) is 0 Å². The number of alkyl halides is 1. The van der Waals surface area contributed by atoms with E-state index in [-0.39, 0.29) is 5.56 Å². The highest BCUT2D eigenvalue weighted by Gasteiger charge is 2.16. The lowest BCUT2D eigenvalue weighted by molar-refractivity contribution is -0.387. The Balaban J connectivity index is 3.23. The molecule has 0 saturated carbocycles. The van der Waals surface area contributed by atoms with Crippen LogP contribution in [0.3, 0.4) is 0 Å². The molecule has 1 rings (SSSR count). The van der Waals surface area contributed by atoms with Crippen molar-refractivity contribution in [2.75, 3.05) is 5.33 Å². The number of benzene rings is 1. The normalized spacial score (nSPS) is 10.9. The van der Waals surface area contributed by atoms with Crippen molar-refractivity contribution in [1.82, 2.24) is 0 Å². The van der Waals surface area contributed by atoms with Crippen LogP contribution in [0.4, 0.5) is 14.5 Å². The molecule has 0 radical (unpaired) electrons. The number of allylic oxidation sites excluding steroid dienone is 1. The lowest BCUT2D eigenvalue weighted by Gasteiger charge is -1.98. The molecule has 80 valence electrons. The predicted molar refractivity (Wildman–Crippen MR) is 55.8 cm³/mol. The van der Waals surface area contributed by atoms with Gasteiger partial charge in [0.05, 0.1) is 4.92 Å². The average molecular weight is 278 g/mol. The second-order valence-electron chi connectivity index (χ2n) is 2.64. The quantitative estimate of drug-likeness (QED) is 0.483. The summed E-state index contributed by atoms with van der Waals surface area (Å²) in [7, 11) is 0. The smallest absolute Gasteiger partial charge is 0.258 e. The summed E-state index contributed by atoms with van der Waals surface area (Å²) in [4.78, 5) is 9.48. The Morgan fingerprint density at radius 3 is 2.60 bits per heavy atom. The van der Waals surface area contributed by atoms with Gasteiger partial charge in [0, 0.05) is 23.0 Å². The van der Waals surface area contributed by atoms with Crippen LogP contribution in [-0.4, -0.2) is 10.3 Å². The summed E-state index contributed by atoms with van der Waals surface area (Å²) in [5.41, 5.74) is -0.742. The van der Waals surface area contributed by atoms with Gasteiger partial charge < -0.3 is 0 Å². The van der Waals surface area contributed by atoms with Crippen LogP contribution < -0.4 is 0 Å². The number of nitro benzene ring substituents is 1. The van der Waals surface area contributed by atoms with Crippen molar-refractivity contribution in [3.05, 3.63) is 45.5 Å². The molecule has 0 amide bonds. The summed E-state index contributed by atoms with van der Waals surface area (Å²) >= 11 is 3.08. The van der Waals surface area contributed by atoms with Crippen LogP contribution in [0.2, 0.25) is 0 Å². The summed E-state index contributed by atoms with van der Waals surface area (Å²) in [6, 6.07) is 1.37. The van der Waals surface area contributed by atoms with E-state index in [1.54, 1.807) is 6.08 Å². The van der Waals surface area contributed by atoms with Crippen molar-refractivity contribution in [3.63, 3.8) is 0 Å². The molecule has 0 fully saturated rings. The van der Waals surface area contributed by atoms with Gasteiger partial charge in [0.25, 0.3) is 0 Å². The van der Waals surface area contributed by atoms with Gasteiger partial charge in [-0.15, -0.1) is 0 Å². The van der Waals surface area contributed by atoms with Crippen molar-refractivity contribution in [2.45, 2.75) is 0 Å². The number of rotatable bonds is 3. The molecule has 0 aliphatic rings. The highest BCUT2D eigenvalue weighted by atomic mass is 79.9. The van der Waals surface area contributed by atoms with Crippen molar-refractivity contribution < 1.29 is 13.7 Å². The molecule has 0 bridgehead atoms. The standard InChI is InChI=1S/C9H6BrF2NO2/c10-3-1-2-6-4-9(13(14)15)8(12)5-7(6)11/h1-2,4-5H,3H2. The summed E-state index contributed by atoms with van der Waals surface area (Å²) in [5.74, 6) is -2.00. The Hall–Kier alpha value is -1.30. The van der Waals surface area contributed by atoms with E-state index in [0.717, 1.165) is 6.07 Å². The van der Waals surface area contributed by atoms with Gasteiger partial charge in [0.2, 0.25) is 5.82 Å². The molecule has 1 aromatic carbocycles. The van der Waals surface area contributed by atoms with Crippen molar-refractivity contribution in [2.24, 2.45) is 0 Å². The summed E-state index contributed by atoms with van der Waals surface area (Å²) < 4.78 is 26.0. The van der Waals surface area contributed by atoms with E-state index >= 15 is 0 Å². The third-order valence-electron chi connectivity index (χ3n) is 1.65. The molecule has 0 aromatic heterocycles. The SMILES string of the molecule is O=[N+]([O-])c1cc(C=CCBr)c(F)cc1F. The second-order valence-corrected chi connectivity index (χ2v) is 3.29. The lowest BCUT2D eigenvalue weighted by Crippen LogP contribution is -1.95. The highest BCUT2D eigenvalue weighted by molar-refractivity contribution is 9.09. The first-order valence-electron chi connectivity index (χ1n) is 3.92. The Morgan fingerprint density at radius 2 is 2.07 bits per heavy atom. The van der Waals surface area contributed by atoms with Crippen LogP contribution in [0.25, 0.3) is 6.08 Å². The molecular formula is C9H6BrF2NO2. The zero-order valence-corrected chi connectivity index (χ0v) is 9.00. The summed E-state index contributed by atoms with van der Waals surface area (Å²) in [6.45, 7) is 0. The van der Waals surface area contributed by atoms with Gasteiger partial charge in [-0.25, -0.2) is 4.39 Å². The zero-order chi connectivity index (χ0) is 11.4. The number of nitro groups is 1. The van der Waals surface area contributed by atoms with Gasteiger partial charge in [-0.05, 0) is 0 Å². The fourth-order valence-electron chi connectivity index (χ4n) is 0.993. The fourth-order valence-corrected chi connectivity index (χ4v) is 1.18. The Labute approximate surface area is 92.7 Å². The zero-order valence-electron chi connectivity index (χ0n) is 7.41. The molecular weight excluding hydrogens is 272 g/mol. The molecule has 0 heterocycles. The lowest BCUT2D eigenvalue weighted by atomic mass is 10.1. The molecule has 0 N–H and O–H groups in total. The molecule has 0 aliphatic carbocycles. The fraction of sp³-hybridized carbons (Fsp3) is 0.111. The minimum atomic E-state index is -1.17. The van der Waals surface area contributed by atoms with Gasteiger partial charge in [0.15, 0.2) is 0 Å². The Kier molecular flexibility index (Phi) is 3.90. The highest BCUT2D eigenvalue weighted by Crippen LogP contribution is 2.22. The van der Waals surface area contributed by atoms with Crippen molar-refractivity contribution in [1.29, 1.82) is 0 Å². The number of halogens is 3. The third kappa shape index (κ3) is 2.82. The average Bonchev–Trinajstić information content (AvgIpc) is 2.16. The van der Waals surface area contributed by atoms with Gasteiger partial charge in [0.1, 0.15) is 5.82 Å². The van der Waals surface area contributed by atoms with Gasteiger partial charge in [-0.3, -0.25) is 10.1 Å². The predicted octanol–water partition coefficient (Wildman–Crippen LogP) is 3.28. The maximum atomic E-state index is 13.1. The van der Waals surface area contributed by atoms with E-state index < -0.39 is 22.2 Å². The maximum Gasteiger partial charge on any atom is 0.305 e. The van der Waals surface area contributed by atoms with Crippen molar-refractivity contribution >= 4 is 27.7 Å². The first-order valence-corrected chi connectivity index (χ1v) is 5.04. The van der Waals surface area contributed by atoms with Crippen LogP contribution in [-0.2, 0) is 0 Å². The first-order chi connectivity index (χ1) is 7.06. The van der Waals surface area contributed by atoms with Gasteiger partial charge >= 0.3 is 5.69 Å². The summed E-state index contributed by atoms with van der Waals surface area (Å²) in [5, 5.41) is 10.9. The van der Waals surface area contributed by atoms with E-state index in [1.807, 2.05) is 0 Å². The van der Waals surface area contributed by atoms with Crippen LogP contribution in [0.5, 0.6) is 0 Å². The molecule has 0 aliphatic heterocycles. The molecule has 0 saturated heterocycles. The largest absolute Gasteiger partial charge is 0.305 e. The van der Waals surface area contributed by atoms with Gasteiger partial charge in [-0.2, -0.15) is 4.39 Å². The second kappa shape index (κ2) is 4.97. The Bertz CT molecular complexity index is 421. The monoisotopic (exact) mass is 277 g/mol. The number of nitrogens with zero attached hydrogens (tertiary/aromatic N) is 1. The molecule has 0 spiro atoms. The van der Waals surface area contributed by atoms with Crippen LogP contribution in [0.1, 0.15) is 5.56 Å². The molecule has 15 heavy (non-hydrogen) atoms.